The molecule has 1 fully saturated rings. The van der Waals surface area contributed by atoms with Crippen LogP contribution in [-0.2, 0) is 0 Å². The second-order valence-electron chi connectivity index (χ2n) is 6.55. The van der Waals surface area contributed by atoms with Crippen LogP contribution >= 0.6 is 0 Å². The lowest BCUT2D eigenvalue weighted by Gasteiger charge is -2.31. The molecule has 2 aromatic heterocycles. The SMILES string of the molecule is CN(C(=O)c1cnc(-c2cnn(-c3ccccc3)c2)[nH]1)C1CCNCC1. The number of rotatable bonds is 4. The topological polar surface area (TPSA) is 78.8 Å². The summed E-state index contributed by atoms with van der Waals surface area (Å²) in [5, 5.41) is 7.70. The van der Waals surface area contributed by atoms with E-state index in [0.717, 1.165) is 37.2 Å². The Hall–Kier alpha value is -2.93. The maximum atomic E-state index is 12.7. The second kappa shape index (κ2) is 7.13. The number of aromatic amines is 1. The first-order chi connectivity index (χ1) is 12.7. The fraction of sp³-hybridized carbons (Fsp3) is 0.316. The number of nitrogens with zero attached hydrogens (tertiary/aromatic N) is 4. The molecule has 3 heterocycles. The predicted molar refractivity (Wildman–Crippen MR) is 99.1 cm³/mol. The molecule has 0 saturated carbocycles. The first-order valence-electron chi connectivity index (χ1n) is 8.86. The van der Waals surface area contributed by atoms with Crippen LogP contribution in [0, 0.1) is 0 Å². The molecule has 26 heavy (non-hydrogen) atoms. The summed E-state index contributed by atoms with van der Waals surface area (Å²) in [6, 6.07) is 10.2. The molecule has 7 heteroatoms. The van der Waals surface area contributed by atoms with Gasteiger partial charge in [-0.25, -0.2) is 9.67 Å². The largest absolute Gasteiger partial charge is 0.337 e. The molecule has 0 atom stereocenters. The third-order valence-corrected chi connectivity index (χ3v) is 4.86. The van der Waals surface area contributed by atoms with Gasteiger partial charge in [0, 0.05) is 19.3 Å². The highest BCUT2D eigenvalue weighted by atomic mass is 16.2. The van der Waals surface area contributed by atoms with E-state index in [2.05, 4.69) is 20.4 Å². The standard InChI is InChI=1S/C19H22N6O/c1-24(15-7-9-20-10-8-15)19(26)17-12-21-18(23-17)14-11-22-25(13-14)16-5-3-2-4-6-16/h2-6,11-13,15,20H,7-10H2,1H3,(H,21,23). The van der Waals surface area contributed by atoms with Crippen molar-refractivity contribution in [3.63, 3.8) is 0 Å². The number of hydrogen-bond acceptors (Lipinski definition) is 4. The smallest absolute Gasteiger partial charge is 0.271 e. The molecule has 1 aromatic carbocycles. The normalized spacial score (nSPS) is 15.1. The molecule has 3 aromatic rings. The van der Waals surface area contributed by atoms with E-state index in [1.54, 1.807) is 17.1 Å². The third-order valence-electron chi connectivity index (χ3n) is 4.86. The van der Waals surface area contributed by atoms with E-state index in [4.69, 9.17) is 0 Å². The van der Waals surface area contributed by atoms with Gasteiger partial charge in [0.25, 0.3) is 5.91 Å². The summed E-state index contributed by atoms with van der Waals surface area (Å²) < 4.78 is 1.79. The number of H-pyrrole nitrogens is 1. The highest BCUT2D eigenvalue weighted by Crippen LogP contribution is 2.19. The lowest BCUT2D eigenvalue weighted by molar-refractivity contribution is 0.0698. The van der Waals surface area contributed by atoms with Gasteiger partial charge in [0.05, 0.1) is 23.6 Å². The van der Waals surface area contributed by atoms with Crippen LogP contribution in [0.1, 0.15) is 23.3 Å². The number of carbonyl (C=O) groups excluding carboxylic acids is 1. The summed E-state index contributed by atoms with van der Waals surface area (Å²) in [6.45, 7) is 1.91. The molecule has 1 aliphatic rings. The van der Waals surface area contributed by atoms with Crippen molar-refractivity contribution < 1.29 is 4.79 Å². The van der Waals surface area contributed by atoms with Crippen LogP contribution < -0.4 is 5.32 Å². The lowest BCUT2D eigenvalue weighted by atomic mass is 10.1. The Labute approximate surface area is 152 Å². The molecule has 0 radical (unpaired) electrons. The summed E-state index contributed by atoms with van der Waals surface area (Å²) in [4.78, 5) is 22.1. The summed E-state index contributed by atoms with van der Waals surface area (Å²) in [6.07, 6.45) is 7.21. The molecule has 7 nitrogen and oxygen atoms in total. The van der Waals surface area contributed by atoms with Gasteiger partial charge in [-0.05, 0) is 38.1 Å². The number of amides is 1. The van der Waals surface area contributed by atoms with Crippen molar-refractivity contribution in [3.8, 4) is 17.1 Å². The summed E-state index contributed by atoms with van der Waals surface area (Å²) in [5.74, 6) is 0.625. The summed E-state index contributed by atoms with van der Waals surface area (Å²) in [7, 11) is 1.87. The molecular formula is C19H22N6O. The number of hydrogen-bond donors (Lipinski definition) is 2. The molecule has 134 valence electrons. The van der Waals surface area contributed by atoms with E-state index in [-0.39, 0.29) is 11.9 Å². The highest BCUT2D eigenvalue weighted by molar-refractivity contribution is 5.92. The Bertz CT molecular complexity index is 878. The molecule has 1 amide bonds. The van der Waals surface area contributed by atoms with Gasteiger partial charge in [0.1, 0.15) is 11.5 Å². The minimum atomic E-state index is -0.0221. The Kier molecular flexibility index (Phi) is 4.53. The molecule has 1 aliphatic heterocycles. The third kappa shape index (κ3) is 3.25. The molecule has 0 unspecified atom stereocenters. The van der Waals surface area contributed by atoms with Crippen LogP contribution in [-0.4, -0.2) is 56.7 Å². The predicted octanol–water partition coefficient (Wildman–Crippen LogP) is 2.09. The van der Waals surface area contributed by atoms with E-state index in [1.165, 1.54) is 0 Å². The summed E-state index contributed by atoms with van der Waals surface area (Å²) >= 11 is 0. The van der Waals surface area contributed by atoms with Gasteiger partial charge in [-0.2, -0.15) is 5.10 Å². The Morgan fingerprint density at radius 2 is 1.96 bits per heavy atom. The van der Waals surface area contributed by atoms with E-state index in [1.807, 2.05) is 48.5 Å². The van der Waals surface area contributed by atoms with Crippen LogP contribution in [0.25, 0.3) is 17.1 Å². The molecule has 0 aliphatic carbocycles. The van der Waals surface area contributed by atoms with E-state index in [9.17, 15) is 4.79 Å². The maximum Gasteiger partial charge on any atom is 0.271 e. The molecule has 1 saturated heterocycles. The number of benzene rings is 1. The Morgan fingerprint density at radius 1 is 1.19 bits per heavy atom. The minimum absolute atomic E-state index is 0.0221. The summed E-state index contributed by atoms with van der Waals surface area (Å²) in [5.41, 5.74) is 2.33. The van der Waals surface area contributed by atoms with Crippen molar-refractivity contribution in [2.45, 2.75) is 18.9 Å². The van der Waals surface area contributed by atoms with E-state index < -0.39 is 0 Å². The first-order valence-corrected chi connectivity index (χ1v) is 8.86. The van der Waals surface area contributed by atoms with Crippen LogP contribution in [0.4, 0.5) is 0 Å². The molecular weight excluding hydrogens is 328 g/mol. The minimum Gasteiger partial charge on any atom is -0.337 e. The fourth-order valence-electron chi connectivity index (χ4n) is 3.29. The van der Waals surface area contributed by atoms with Crippen molar-refractivity contribution in [1.29, 1.82) is 0 Å². The monoisotopic (exact) mass is 350 g/mol. The van der Waals surface area contributed by atoms with Crippen LogP contribution in [0.2, 0.25) is 0 Å². The maximum absolute atomic E-state index is 12.7. The number of para-hydroxylation sites is 1. The number of carbonyl (C=O) groups is 1. The van der Waals surface area contributed by atoms with Gasteiger partial charge in [-0.1, -0.05) is 18.2 Å². The van der Waals surface area contributed by atoms with Gasteiger partial charge in [-0.3, -0.25) is 4.79 Å². The lowest BCUT2D eigenvalue weighted by Crippen LogP contribution is -2.44. The number of nitrogens with one attached hydrogen (secondary N) is 2. The van der Waals surface area contributed by atoms with Gasteiger partial charge in [0.2, 0.25) is 0 Å². The highest BCUT2D eigenvalue weighted by Gasteiger charge is 2.24. The molecule has 4 rings (SSSR count). The second-order valence-corrected chi connectivity index (χ2v) is 6.55. The van der Waals surface area contributed by atoms with Crippen LogP contribution in [0.3, 0.4) is 0 Å². The van der Waals surface area contributed by atoms with Crippen LogP contribution in [0.5, 0.6) is 0 Å². The molecule has 0 bridgehead atoms. The average molecular weight is 350 g/mol. The van der Waals surface area contributed by atoms with Crippen LogP contribution in [0.15, 0.2) is 48.9 Å². The van der Waals surface area contributed by atoms with Crippen molar-refractivity contribution >= 4 is 5.91 Å². The zero-order valence-electron chi connectivity index (χ0n) is 14.7. The quantitative estimate of drug-likeness (QED) is 0.755. The Morgan fingerprint density at radius 3 is 2.73 bits per heavy atom. The number of imidazole rings is 1. The molecule has 0 spiro atoms. The van der Waals surface area contributed by atoms with Crippen molar-refractivity contribution in [2.75, 3.05) is 20.1 Å². The Balaban J connectivity index is 1.51. The fourth-order valence-corrected chi connectivity index (χ4v) is 3.29. The number of piperidine rings is 1. The van der Waals surface area contributed by atoms with E-state index in [0.29, 0.717) is 11.5 Å². The first kappa shape index (κ1) is 16.5. The van der Waals surface area contributed by atoms with E-state index >= 15 is 0 Å². The van der Waals surface area contributed by atoms with Crippen molar-refractivity contribution in [2.24, 2.45) is 0 Å². The van der Waals surface area contributed by atoms with Crippen molar-refractivity contribution in [1.82, 2.24) is 30.0 Å². The average Bonchev–Trinajstić information content (AvgIpc) is 3.38. The van der Waals surface area contributed by atoms with Gasteiger partial charge in [0.15, 0.2) is 0 Å². The zero-order chi connectivity index (χ0) is 17.9. The van der Waals surface area contributed by atoms with Crippen molar-refractivity contribution in [3.05, 3.63) is 54.6 Å². The van der Waals surface area contributed by atoms with Gasteiger partial charge < -0.3 is 15.2 Å². The van der Waals surface area contributed by atoms with Gasteiger partial charge in [-0.15, -0.1) is 0 Å². The van der Waals surface area contributed by atoms with Gasteiger partial charge >= 0.3 is 0 Å². The zero-order valence-corrected chi connectivity index (χ0v) is 14.7. The molecule has 2 N–H and O–H groups in total. The number of aromatic nitrogens is 4.